The molecule has 0 bridgehead atoms. The summed E-state index contributed by atoms with van der Waals surface area (Å²) in [4.78, 5) is 0. The van der Waals surface area contributed by atoms with Crippen molar-refractivity contribution in [1.29, 1.82) is 0 Å². The molecule has 1 N–H and O–H groups in total. The van der Waals surface area contributed by atoms with Gasteiger partial charge in [-0.05, 0) is 50.3 Å². The van der Waals surface area contributed by atoms with Gasteiger partial charge in [0.25, 0.3) is 0 Å². The minimum Gasteiger partial charge on any atom is -0.465 e. The van der Waals surface area contributed by atoms with Gasteiger partial charge in [-0.1, -0.05) is 27.7 Å². The van der Waals surface area contributed by atoms with E-state index in [2.05, 4.69) is 39.1 Å². The smallest absolute Gasteiger partial charge is 0.121 e. The first-order chi connectivity index (χ1) is 7.92. The van der Waals surface area contributed by atoms with Crippen LogP contribution in [0.2, 0.25) is 0 Å². The van der Waals surface area contributed by atoms with Gasteiger partial charge in [0, 0.05) is 0 Å². The molecule has 1 unspecified atom stereocenters. The van der Waals surface area contributed by atoms with Gasteiger partial charge in [-0.25, -0.2) is 0 Å². The lowest BCUT2D eigenvalue weighted by molar-refractivity contribution is 0.308. The Bertz CT molecular complexity index is 322. The molecule has 1 atom stereocenters. The summed E-state index contributed by atoms with van der Waals surface area (Å²) < 4.78 is 5.75. The molecule has 2 nitrogen and oxygen atoms in total. The molecule has 0 aliphatic heterocycles. The third-order valence-corrected chi connectivity index (χ3v) is 2.93. The average Bonchev–Trinajstić information content (AvgIpc) is 2.63. The van der Waals surface area contributed by atoms with Crippen LogP contribution in [0, 0.1) is 12.3 Å². The minimum atomic E-state index is 0.364. The maximum atomic E-state index is 5.75. The molecule has 2 heteroatoms. The van der Waals surface area contributed by atoms with Crippen molar-refractivity contribution in [3.8, 4) is 0 Å². The lowest BCUT2D eigenvalue weighted by atomic mass is 9.88. The second-order valence-corrected chi connectivity index (χ2v) is 6.05. The molecule has 0 saturated carbocycles. The first kappa shape index (κ1) is 14.3. The van der Waals surface area contributed by atoms with Crippen LogP contribution in [0.5, 0.6) is 0 Å². The first-order valence-electron chi connectivity index (χ1n) is 6.72. The van der Waals surface area contributed by atoms with Crippen molar-refractivity contribution in [1.82, 2.24) is 5.32 Å². The maximum absolute atomic E-state index is 5.75. The van der Waals surface area contributed by atoms with Crippen LogP contribution >= 0.6 is 0 Å². The lowest BCUT2D eigenvalue weighted by Gasteiger charge is -2.22. The number of furan rings is 1. The third kappa shape index (κ3) is 5.40. The van der Waals surface area contributed by atoms with Crippen molar-refractivity contribution in [2.24, 2.45) is 5.41 Å². The fourth-order valence-electron chi connectivity index (χ4n) is 1.88. The van der Waals surface area contributed by atoms with E-state index in [1.165, 1.54) is 6.42 Å². The van der Waals surface area contributed by atoms with Crippen molar-refractivity contribution >= 4 is 0 Å². The molecule has 0 fully saturated rings. The molecule has 1 rings (SSSR count). The summed E-state index contributed by atoms with van der Waals surface area (Å²) in [5.41, 5.74) is 0.383. The van der Waals surface area contributed by atoms with Crippen molar-refractivity contribution in [2.45, 2.75) is 59.9 Å². The van der Waals surface area contributed by atoms with Crippen LogP contribution in [0.15, 0.2) is 16.5 Å². The Morgan fingerprint density at radius 3 is 2.47 bits per heavy atom. The van der Waals surface area contributed by atoms with Gasteiger partial charge in [0.15, 0.2) is 0 Å². The Hall–Kier alpha value is -0.760. The molecule has 1 aromatic heterocycles. The third-order valence-electron chi connectivity index (χ3n) is 2.93. The predicted molar refractivity (Wildman–Crippen MR) is 73.2 cm³/mol. The molecule has 0 aromatic carbocycles. The molecule has 0 aliphatic rings. The van der Waals surface area contributed by atoms with Gasteiger partial charge in [-0.15, -0.1) is 0 Å². The van der Waals surface area contributed by atoms with Gasteiger partial charge in [-0.2, -0.15) is 0 Å². The van der Waals surface area contributed by atoms with Gasteiger partial charge in [-0.3, -0.25) is 0 Å². The molecule has 0 aliphatic carbocycles. The summed E-state index contributed by atoms with van der Waals surface area (Å²) in [6.45, 7) is 12.1. The zero-order valence-corrected chi connectivity index (χ0v) is 12.0. The number of hydrogen-bond donors (Lipinski definition) is 1. The molecule has 17 heavy (non-hydrogen) atoms. The standard InChI is InChI=1S/C15H27NO/c1-6-11-16-13(9-10-15(3,4)5)14-8-7-12(2)17-14/h7-8,13,16H,6,9-11H2,1-5H3. The Kier molecular flexibility index (Phi) is 5.26. The van der Waals surface area contributed by atoms with Gasteiger partial charge in [0.1, 0.15) is 11.5 Å². The fraction of sp³-hybridized carbons (Fsp3) is 0.733. The van der Waals surface area contributed by atoms with E-state index in [1.807, 2.05) is 13.0 Å². The molecule has 98 valence electrons. The van der Waals surface area contributed by atoms with E-state index in [4.69, 9.17) is 4.42 Å². The topological polar surface area (TPSA) is 25.2 Å². The highest BCUT2D eigenvalue weighted by molar-refractivity contribution is 5.09. The molecular weight excluding hydrogens is 210 g/mol. The van der Waals surface area contributed by atoms with Crippen LogP contribution in [0.3, 0.4) is 0 Å². The molecule has 1 heterocycles. The normalized spacial score (nSPS) is 13.9. The zero-order chi connectivity index (χ0) is 12.9. The number of rotatable bonds is 6. The monoisotopic (exact) mass is 237 g/mol. The average molecular weight is 237 g/mol. The van der Waals surface area contributed by atoms with Crippen LogP contribution in [-0.4, -0.2) is 6.54 Å². The Morgan fingerprint density at radius 1 is 1.29 bits per heavy atom. The summed E-state index contributed by atoms with van der Waals surface area (Å²) in [6, 6.07) is 4.51. The van der Waals surface area contributed by atoms with Gasteiger partial charge in [0.05, 0.1) is 6.04 Å². The molecule has 0 radical (unpaired) electrons. The van der Waals surface area contributed by atoms with E-state index in [9.17, 15) is 0 Å². The van der Waals surface area contributed by atoms with E-state index in [0.717, 1.165) is 30.9 Å². The van der Waals surface area contributed by atoms with E-state index in [1.54, 1.807) is 0 Å². The van der Waals surface area contributed by atoms with Crippen molar-refractivity contribution < 1.29 is 4.42 Å². The fourth-order valence-corrected chi connectivity index (χ4v) is 1.88. The maximum Gasteiger partial charge on any atom is 0.121 e. The Labute approximate surface area is 106 Å². The van der Waals surface area contributed by atoms with Gasteiger partial charge < -0.3 is 9.73 Å². The number of aryl methyl sites for hydroxylation is 1. The van der Waals surface area contributed by atoms with Crippen LogP contribution in [0.25, 0.3) is 0 Å². The summed E-state index contributed by atoms with van der Waals surface area (Å²) in [5, 5.41) is 3.58. The van der Waals surface area contributed by atoms with E-state index in [-0.39, 0.29) is 0 Å². The highest BCUT2D eigenvalue weighted by Crippen LogP contribution is 2.28. The van der Waals surface area contributed by atoms with E-state index < -0.39 is 0 Å². The van der Waals surface area contributed by atoms with Crippen molar-refractivity contribution in [2.75, 3.05) is 6.54 Å². The van der Waals surface area contributed by atoms with Gasteiger partial charge >= 0.3 is 0 Å². The van der Waals surface area contributed by atoms with Crippen molar-refractivity contribution in [3.63, 3.8) is 0 Å². The molecule has 0 saturated heterocycles. The molecular formula is C15H27NO. The summed E-state index contributed by atoms with van der Waals surface area (Å²) in [7, 11) is 0. The second kappa shape index (κ2) is 6.25. The van der Waals surface area contributed by atoms with Crippen LogP contribution in [0.1, 0.15) is 64.5 Å². The zero-order valence-electron chi connectivity index (χ0n) is 12.0. The lowest BCUT2D eigenvalue weighted by Crippen LogP contribution is -2.23. The Morgan fingerprint density at radius 2 is 2.00 bits per heavy atom. The minimum absolute atomic E-state index is 0.364. The van der Waals surface area contributed by atoms with E-state index >= 15 is 0 Å². The quantitative estimate of drug-likeness (QED) is 0.790. The van der Waals surface area contributed by atoms with Gasteiger partial charge in [0.2, 0.25) is 0 Å². The highest BCUT2D eigenvalue weighted by atomic mass is 16.3. The predicted octanol–water partition coefficient (Wildman–Crippen LogP) is 4.46. The highest BCUT2D eigenvalue weighted by Gasteiger charge is 2.18. The van der Waals surface area contributed by atoms with Crippen LogP contribution in [0.4, 0.5) is 0 Å². The molecule has 0 amide bonds. The van der Waals surface area contributed by atoms with Crippen LogP contribution in [-0.2, 0) is 0 Å². The summed E-state index contributed by atoms with van der Waals surface area (Å²) in [6.07, 6.45) is 3.50. The first-order valence-corrected chi connectivity index (χ1v) is 6.72. The largest absolute Gasteiger partial charge is 0.465 e. The van der Waals surface area contributed by atoms with Crippen molar-refractivity contribution in [3.05, 3.63) is 23.7 Å². The van der Waals surface area contributed by atoms with Crippen LogP contribution < -0.4 is 5.32 Å². The van der Waals surface area contributed by atoms with E-state index in [0.29, 0.717) is 11.5 Å². The SMILES string of the molecule is CCCNC(CCC(C)(C)C)c1ccc(C)o1. The Balaban J connectivity index is 2.60. The summed E-state index contributed by atoms with van der Waals surface area (Å²) >= 11 is 0. The molecule has 1 aromatic rings. The number of nitrogens with one attached hydrogen (secondary N) is 1. The molecule has 0 spiro atoms. The number of hydrogen-bond acceptors (Lipinski definition) is 2. The second-order valence-electron chi connectivity index (χ2n) is 6.05. The summed E-state index contributed by atoms with van der Waals surface area (Å²) in [5.74, 6) is 2.08.